The fourth-order valence-corrected chi connectivity index (χ4v) is 3.59. The number of para-hydroxylation sites is 2. The molecule has 2 amide bonds. The Morgan fingerprint density at radius 3 is 1.91 bits per heavy atom. The van der Waals surface area contributed by atoms with Gasteiger partial charge in [-0.15, -0.1) is 0 Å². The molecule has 0 fully saturated rings. The first-order valence-corrected chi connectivity index (χ1v) is 10.8. The molecule has 4 rings (SSSR count). The predicted molar refractivity (Wildman–Crippen MR) is 133 cm³/mol. The van der Waals surface area contributed by atoms with E-state index in [1.165, 1.54) is 0 Å². The summed E-state index contributed by atoms with van der Waals surface area (Å²) in [5, 5.41) is 8.99. The van der Waals surface area contributed by atoms with Crippen LogP contribution in [-0.2, 0) is 9.59 Å². The summed E-state index contributed by atoms with van der Waals surface area (Å²) in [6, 6.07) is 35.5. The Kier molecular flexibility index (Phi) is 7.25. The minimum atomic E-state index is -0.679. The fraction of sp³-hybridized carbons (Fsp3) is 0.0714. The van der Waals surface area contributed by atoms with E-state index in [4.69, 9.17) is 0 Å². The molecule has 0 aliphatic carbocycles. The molecule has 0 saturated carbocycles. The summed E-state index contributed by atoms with van der Waals surface area (Å²) in [5.41, 5.74) is 4.16. The fourth-order valence-electron chi connectivity index (χ4n) is 3.59. The van der Waals surface area contributed by atoms with Gasteiger partial charge in [0.2, 0.25) is 11.8 Å². The second-order valence-corrected chi connectivity index (χ2v) is 7.54. The van der Waals surface area contributed by atoms with Crippen molar-refractivity contribution in [1.82, 2.24) is 5.32 Å². The average Bonchev–Trinajstić information content (AvgIpc) is 2.86. The first kappa shape index (κ1) is 22.0. The number of hydrogen-bond donors (Lipinski definition) is 3. The largest absolute Gasteiger partial charge is 0.324 e. The maximum atomic E-state index is 13.0. The van der Waals surface area contributed by atoms with E-state index in [9.17, 15) is 9.59 Å². The summed E-state index contributed by atoms with van der Waals surface area (Å²) in [5.74, 6) is -0.461. The molecule has 0 aliphatic rings. The number of rotatable bonds is 8. The highest BCUT2D eigenvalue weighted by Crippen LogP contribution is 2.27. The molecule has 0 heterocycles. The SMILES string of the molecule is O=C(CNC(C(=O)Nc1ccccc1)c1ccccc1)Nc1ccccc1-c1ccccc1. The number of benzene rings is 4. The van der Waals surface area contributed by atoms with Gasteiger partial charge in [0.1, 0.15) is 6.04 Å². The van der Waals surface area contributed by atoms with Crippen LogP contribution in [0.15, 0.2) is 115 Å². The van der Waals surface area contributed by atoms with Crippen molar-refractivity contribution in [3.8, 4) is 11.1 Å². The van der Waals surface area contributed by atoms with Crippen LogP contribution in [0.25, 0.3) is 11.1 Å². The Hall–Kier alpha value is -4.22. The molecule has 0 spiro atoms. The van der Waals surface area contributed by atoms with E-state index in [2.05, 4.69) is 16.0 Å². The lowest BCUT2D eigenvalue weighted by Crippen LogP contribution is -2.37. The van der Waals surface area contributed by atoms with Gasteiger partial charge in [-0.05, 0) is 29.3 Å². The average molecular weight is 436 g/mol. The van der Waals surface area contributed by atoms with Crippen molar-refractivity contribution in [1.29, 1.82) is 0 Å². The van der Waals surface area contributed by atoms with Gasteiger partial charge in [0, 0.05) is 16.9 Å². The molecule has 1 unspecified atom stereocenters. The van der Waals surface area contributed by atoms with Gasteiger partial charge in [-0.2, -0.15) is 0 Å². The van der Waals surface area contributed by atoms with Crippen LogP contribution < -0.4 is 16.0 Å². The Balaban J connectivity index is 1.46. The van der Waals surface area contributed by atoms with E-state index in [0.717, 1.165) is 22.4 Å². The van der Waals surface area contributed by atoms with Crippen molar-refractivity contribution in [3.63, 3.8) is 0 Å². The number of carbonyl (C=O) groups is 2. The van der Waals surface area contributed by atoms with Crippen LogP contribution in [-0.4, -0.2) is 18.4 Å². The molecule has 0 aromatic heterocycles. The highest BCUT2D eigenvalue weighted by molar-refractivity contribution is 5.98. The maximum Gasteiger partial charge on any atom is 0.246 e. The monoisotopic (exact) mass is 435 g/mol. The third-order valence-electron chi connectivity index (χ3n) is 5.19. The standard InChI is InChI=1S/C28H25N3O2/c32-26(31-25-19-11-10-18-24(25)21-12-4-1-5-13-21)20-29-27(22-14-6-2-7-15-22)28(33)30-23-16-8-3-9-17-23/h1-19,27,29H,20H2,(H,30,33)(H,31,32). The number of amides is 2. The first-order chi connectivity index (χ1) is 16.2. The zero-order valence-corrected chi connectivity index (χ0v) is 18.1. The van der Waals surface area contributed by atoms with Crippen LogP contribution in [0, 0.1) is 0 Å². The summed E-state index contributed by atoms with van der Waals surface area (Å²) in [6.45, 7) is -0.0229. The third-order valence-corrected chi connectivity index (χ3v) is 5.19. The topological polar surface area (TPSA) is 70.2 Å². The minimum Gasteiger partial charge on any atom is -0.324 e. The lowest BCUT2D eigenvalue weighted by molar-refractivity contribution is -0.119. The van der Waals surface area contributed by atoms with Crippen molar-refractivity contribution in [3.05, 3.63) is 121 Å². The highest BCUT2D eigenvalue weighted by atomic mass is 16.2. The van der Waals surface area contributed by atoms with Crippen molar-refractivity contribution in [2.24, 2.45) is 0 Å². The summed E-state index contributed by atoms with van der Waals surface area (Å²) in [7, 11) is 0. The number of anilines is 2. The van der Waals surface area contributed by atoms with Crippen molar-refractivity contribution < 1.29 is 9.59 Å². The van der Waals surface area contributed by atoms with Gasteiger partial charge in [0.25, 0.3) is 0 Å². The van der Waals surface area contributed by atoms with Gasteiger partial charge in [0.15, 0.2) is 0 Å². The van der Waals surface area contributed by atoms with Crippen molar-refractivity contribution in [2.45, 2.75) is 6.04 Å². The normalized spacial score (nSPS) is 11.4. The van der Waals surface area contributed by atoms with E-state index in [0.29, 0.717) is 5.69 Å². The van der Waals surface area contributed by atoms with Gasteiger partial charge < -0.3 is 10.6 Å². The van der Waals surface area contributed by atoms with E-state index >= 15 is 0 Å². The molecular weight excluding hydrogens is 410 g/mol. The molecule has 0 bridgehead atoms. The lowest BCUT2D eigenvalue weighted by atomic mass is 10.0. The van der Waals surface area contributed by atoms with Crippen LogP contribution in [0.3, 0.4) is 0 Å². The zero-order chi connectivity index (χ0) is 22.9. The summed E-state index contributed by atoms with van der Waals surface area (Å²) in [6.07, 6.45) is 0. The number of hydrogen-bond acceptors (Lipinski definition) is 3. The Morgan fingerprint density at radius 2 is 1.21 bits per heavy atom. The van der Waals surface area contributed by atoms with Gasteiger partial charge in [-0.25, -0.2) is 0 Å². The first-order valence-electron chi connectivity index (χ1n) is 10.8. The molecule has 4 aromatic carbocycles. The number of nitrogens with one attached hydrogen (secondary N) is 3. The molecule has 0 aliphatic heterocycles. The van der Waals surface area contributed by atoms with Crippen molar-refractivity contribution >= 4 is 23.2 Å². The second kappa shape index (κ2) is 10.9. The van der Waals surface area contributed by atoms with Gasteiger partial charge in [0.05, 0.1) is 6.54 Å². The molecular formula is C28H25N3O2. The molecule has 33 heavy (non-hydrogen) atoms. The van der Waals surface area contributed by atoms with Crippen LogP contribution in [0.2, 0.25) is 0 Å². The van der Waals surface area contributed by atoms with Crippen LogP contribution in [0.4, 0.5) is 11.4 Å². The molecule has 3 N–H and O–H groups in total. The molecule has 0 saturated heterocycles. The summed E-state index contributed by atoms with van der Waals surface area (Å²) < 4.78 is 0. The second-order valence-electron chi connectivity index (χ2n) is 7.54. The third kappa shape index (κ3) is 5.93. The maximum absolute atomic E-state index is 13.0. The van der Waals surface area contributed by atoms with Crippen LogP contribution >= 0.6 is 0 Å². The van der Waals surface area contributed by atoms with E-state index in [1.807, 2.05) is 115 Å². The van der Waals surface area contributed by atoms with E-state index in [1.54, 1.807) is 0 Å². The lowest BCUT2D eigenvalue weighted by Gasteiger charge is -2.19. The summed E-state index contributed by atoms with van der Waals surface area (Å²) >= 11 is 0. The van der Waals surface area contributed by atoms with E-state index in [-0.39, 0.29) is 18.4 Å². The molecule has 4 aromatic rings. The quantitative estimate of drug-likeness (QED) is 0.353. The Morgan fingerprint density at radius 1 is 0.636 bits per heavy atom. The molecule has 5 heteroatoms. The van der Waals surface area contributed by atoms with Crippen LogP contribution in [0.5, 0.6) is 0 Å². The van der Waals surface area contributed by atoms with Crippen LogP contribution in [0.1, 0.15) is 11.6 Å². The Labute approximate surface area is 193 Å². The zero-order valence-electron chi connectivity index (χ0n) is 18.1. The highest BCUT2D eigenvalue weighted by Gasteiger charge is 2.21. The molecule has 1 atom stereocenters. The number of carbonyl (C=O) groups excluding carboxylic acids is 2. The van der Waals surface area contributed by atoms with Gasteiger partial charge in [-0.1, -0.05) is 97.1 Å². The molecule has 0 radical (unpaired) electrons. The predicted octanol–water partition coefficient (Wildman–Crippen LogP) is 5.26. The van der Waals surface area contributed by atoms with Gasteiger partial charge >= 0.3 is 0 Å². The van der Waals surface area contributed by atoms with Crippen molar-refractivity contribution in [2.75, 3.05) is 17.2 Å². The summed E-state index contributed by atoms with van der Waals surface area (Å²) in [4.78, 5) is 25.8. The molecule has 164 valence electrons. The van der Waals surface area contributed by atoms with E-state index < -0.39 is 6.04 Å². The molecule has 5 nitrogen and oxygen atoms in total. The Bertz CT molecular complexity index is 1200. The minimum absolute atomic E-state index is 0.0229. The smallest absolute Gasteiger partial charge is 0.246 e. The van der Waals surface area contributed by atoms with Gasteiger partial charge in [-0.3, -0.25) is 14.9 Å².